The summed E-state index contributed by atoms with van der Waals surface area (Å²) in [6.07, 6.45) is 4.59. The second-order valence-corrected chi connectivity index (χ2v) is 7.43. The Balaban J connectivity index is 1.94. The van der Waals surface area contributed by atoms with Crippen LogP contribution >= 0.6 is 11.3 Å². The van der Waals surface area contributed by atoms with E-state index < -0.39 is 0 Å². The Bertz CT molecular complexity index is 495. The topological polar surface area (TPSA) is 40.5 Å². The minimum Gasteiger partial charge on any atom is -0.357 e. The number of guanidine groups is 1. The smallest absolute Gasteiger partial charge is 0.193 e. The van der Waals surface area contributed by atoms with Crippen molar-refractivity contribution in [2.75, 3.05) is 26.2 Å². The molecule has 0 radical (unpaired) electrons. The number of hydrogen-bond acceptors (Lipinski definition) is 3. The maximum Gasteiger partial charge on any atom is 0.193 e. The Morgan fingerprint density at radius 1 is 1.45 bits per heavy atom. The molecular weight excluding hydrogens is 292 g/mol. The average Bonchev–Trinajstić information content (AvgIpc) is 2.86. The van der Waals surface area contributed by atoms with Gasteiger partial charge in [0.05, 0.1) is 10.7 Å². The van der Waals surface area contributed by atoms with Crippen molar-refractivity contribution in [1.82, 2.24) is 15.2 Å². The van der Waals surface area contributed by atoms with Crippen molar-refractivity contribution in [3.63, 3.8) is 0 Å². The molecular formula is C17H30N4S. The molecule has 1 aliphatic rings. The Morgan fingerprint density at radius 3 is 2.91 bits per heavy atom. The fourth-order valence-corrected chi connectivity index (χ4v) is 4.00. The molecule has 124 valence electrons. The summed E-state index contributed by atoms with van der Waals surface area (Å²) in [6, 6.07) is 0. The van der Waals surface area contributed by atoms with Crippen LogP contribution in [0.1, 0.15) is 49.2 Å². The Labute approximate surface area is 139 Å². The monoisotopic (exact) mass is 322 g/mol. The van der Waals surface area contributed by atoms with E-state index in [4.69, 9.17) is 9.98 Å². The minimum atomic E-state index is 0.770. The first-order valence-corrected chi connectivity index (χ1v) is 9.44. The molecule has 1 unspecified atom stereocenters. The lowest BCUT2D eigenvalue weighted by molar-refractivity contribution is 0.266. The largest absolute Gasteiger partial charge is 0.357 e. The first-order chi connectivity index (χ1) is 10.6. The third-order valence-corrected chi connectivity index (χ3v) is 5.22. The van der Waals surface area contributed by atoms with Gasteiger partial charge in [-0.25, -0.2) is 4.98 Å². The molecule has 1 aromatic rings. The number of nitrogens with zero attached hydrogens (tertiary/aromatic N) is 3. The van der Waals surface area contributed by atoms with Crippen molar-refractivity contribution in [1.29, 1.82) is 0 Å². The second-order valence-electron chi connectivity index (χ2n) is 6.14. The van der Waals surface area contributed by atoms with Crippen LogP contribution in [0, 0.1) is 12.8 Å². The summed E-state index contributed by atoms with van der Waals surface area (Å²) in [5.41, 5.74) is 1.25. The number of aliphatic imine (C=N–C) groups is 1. The lowest BCUT2D eigenvalue weighted by Gasteiger charge is -2.33. The molecule has 1 aromatic heterocycles. The zero-order valence-corrected chi connectivity index (χ0v) is 15.3. The molecule has 1 N–H and O–H groups in total. The van der Waals surface area contributed by atoms with E-state index in [9.17, 15) is 0 Å². The van der Waals surface area contributed by atoms with Crippen molar-refractivity contribution in [2.24, 2.45) is 10.9 Å². The number of piperidine rings is 1. The van der Waals surface area contributed by atoms with Gasteiger partial charge >= 0.3 is 0 Å². The van der Waals surface area contributed by atoms with E-state index in [0.29, 0.717) is 0 Å². The molecule has 2 rings (SSSR count). The molecule has 0 spiro atoms. The predicted octanol–water partition coefficient (Wildman–Crippen LogP) is 3.25. The van der Waals surface area contributed by atoms with Gasteiger partial charge in [-0.05, 0) is 39.0 Å². The maximum atomic E-state index is 4.83. The number of nitrogens with one attached hydrogen (secondary N) is 1. The fraction of sp³-hybridized carbons (Fsp3) is 0.765. The molecule has 1 saturated heterocycles. The number of aromatic nitrogens is 1. The third-order valence-electron chi connectivity index (χ3n) is 4.15. The van der Waals surface area contributed by atoms with E-state index in [0.717, 1.165) is 50.9 Å². The van der Waals surface area contributed by atoms with Crippen molar-refractivity contribution >= 4 is 17.3 Å². The molecule has 1 aliphatic heterocycles. The van der Waals surface area contributed by atoms with E-state index in [1.165, 1.54) is 28.4 Å². The summed E-state index contributed by atoms with van der Waals surface area (Å²) in [7, 11) is 0. The number of thiazole rings is 1. The van der Waals surface area contributed by atoms with Gasteiger partial charge in [0.25, 0.3) is 0 Å². The average molecular weight is 323 g/mol. The SMILES string of the molecule is CCNC(=NCCc1nc(CC)c(C)s1)N1CCCC(C)C1. The molecule has 0 aliphatic carbocycles. The molecule has 0 saturated carbocycles. The van der Waals surface area contributed by atoms with E-state index in [1.807, 2.05) is 11.3 Å². The van der Waals surface area contributed by atoms with Gasteiger partial charge in [-0.3, -0.25) is 4.99 Å². The van der Waals surface area contributed by atoms with Gasteiger partial charge in [0.2, 0.25) is 0 Å². The van der Waals surface area contributed by atoms with Crippen LogP contribution in [0.2, 0.25) is 0 Å². The number of likely N-dealkylation sites (tertiary alicyclic amines) is 1. The highest BCUT2D eigenvalue weighted by molar-refractivity contribution is 7.11. The zero-order chi connectivity index (χ0) is 15.9. The minimum absolute atomic E-state index is 0.770. The summed E-state index contributed by atoms with van der Waals surface area (Å²) in [5.74, 6) is 1.85. The lowest BCUT2D eigenvalue weighted by atomic mass is 10.0. The molecule has 4 nitrogen and oxygen atoms in total. The molecule has 1 atom stereocenters. The van der Waals surface area contributed by atoms with Crippen molar-refractivity contribution in [2.45, 2.75) is 53.4 Å². The molecule has 22 heavy (non-hydrogen) atoms. The van der Waals surface area contributed by atoms with Crippen LogP contribution in [-0.2, 0) is 12.8 Å². The zero-order valence-electron chi connectivity index (χ0n) is 14.5. The highest BCUT2D eigenvalue weighted by Gasteiger charge is 2.19. The highest BCUT2D eigenvalue weighted by Crippen LogP contribution is 2.19. The molecule has 0 bridgehead atoms. The van der Waals surface area contributed by atoms with Gasteiger partial charge in [0.1, 0.15) is 0 Å². The van der Waals surface area contributed by atoms with Gasteiger partial charge in [0, 0.05) is 37.5 Å². The predicted molar refractivity (Wildman–Crippen MR) is 95.9 cm³/mol. The summed E-state index contributed by atoms with van der Waals surface area (Å²) in [5, 5.41) is 4.67. The number of aryl methyl sites for hydroxylation is 2. The number of hydrogen-bond donors (Lipinski definition) is 1. The van der Waals surface area contributed by atoms with Crippen LogP contribution in [-0.4, -0.2) is 42.0 Å². The van der Waals surface area contributed by atoms with Crippen molar-refractivity contribution in [3.05, 3.63) is 15.6 Å². The van der Waals surface area contributed by atoms with Crippen molar-refractivity contribution in [3.8, 4) is 0 Å². The van der Waals surface area contributed by atoms with E-state index in [1.54, 1.807) is 0 Å². The Morgan fingerprint density at radius 2 is 2.27 bits per heavy atom. The van der Waals surface area contributed by atoms with Gasteiger partial charge in [-0.15, -0.1) is 11.3 Å². The summed E-state index contributed by atoms with van der Waals surface area (Å²) in [6.45, 7) is 12.8. The Hall–Kier alpha value is -1.10. The first kappa shape index (κ1) is 17.3. The van der Waals surface area contributed by atoms with E-state index in [2.05, 4.69) is 37.9 Å². The van der Waals surface area contributed by atoms with E-state index in [-0.39, 0.29) is 0 Å². The molecule has 0 aromatic carbocycles. The van der Waals surface area contributed by atoms with Crippen LogP contribution in [0.5, 0.6) is 0 Å². The summed E-state index contributed by atoms with van der Waals surface area (Å²) >= 11 is 1.83. The van der Waals surface area contributed by atoms with Crippen LogP contribution in [0.4, 0.5) is 0 Å². The van der Waals surface area contributed by atoms with Crippen LogP contribution in [0.3, 0.4) is 0 Å². The fourth-order valence-electron chi connectivity index (χ4n) is 2.99. The third kappa shape index (κ3) is 4.70. The van der Waals surface area contributed by atoms with Crippen LogP contribution in [0.25, 0.3) is 0 Å². The molecule has 2 heterocycles. The standard InChI is InChI=1S/C17H30N4S/c1-5-15-14(4)22-16(20-15)9-10-19-17(18-6-2)21-11-7-8-13(3)12-21/h13H,5-12H2,1-4H3,(H,18,19). The van der Waals surface area contributed by atoms with Gasteiger partial charge in [0.15, 0.2) is 5.96 Å². The van der Waals surface area contributed by atoms with Crippen LogP contribution < -0.4 is 5.32 Å². The van der Waals surface area contributed by atoms with Crippen LogP contribution in [0.15, 0.2) is 4.99 Å². The second kappa shape index (κ2) is 8.51. The van der Waals surface area contributed by atoms with E-state index >= 15 is 0 Å². The molecule has 0 amide bonds. The maximum absolute atomic E-state index is 4.83. The summed E-state index contributed by atoms with van der Waals surface area (Å²) < 4.78 is 0. The normalized spacial score (nSPS) is 19.5. The van der Waals surface area contributed by atoms with Crippen molar-refractivity contribution < 1.29 is 0 Å². The number of rotatable bonds is 5. The molecule has 5 heteroatoms. The highest BCUT2D eigenvalue weighted by atomic mass is 32.1. The van der Waals surface area contributed by atoms with Gasteiger partial charge < -0.3 is 10.2 Å². The summed E-state index contributed by atoms with van der Waals surface area (Å²) in [4.78, 5) is 13.3. The van der Waals surface area contributed by atoms with Gasteiger partial charge in [-0.1, -0.05) is 13.8 Å². The Kier molecular flexibility index (Phi) is 6.68. The lowest BCUT2D eigenvalue weighted by Crippen LogP contribution is -2.46. The molecule has 1 fully saturated rings. The van der Waals surface area contributed by atoms with Gasteiger partial charge in [-0.2, -0.15) is 0 Å². The quantitative estimate of drug-likeness (QED) is 0.668. The first-order valence-electron chi connectivity index (χ1n) is 8.62.